The lowest BCUT2D eigenvalue weighted by Gasteiger charge is -2.15. The quantitative estimate of drug-likeness (QED) is 0.588. The molecule has 0 fully saturated rings. The number of nitrogens with one attached hydrogen (secondary N) is 2. The van der Waals surface area contributed by atoms with Gasteiger partial charge in [0.05, 0.1) is 13.2 Å². The van der Waals surface area contributed by atoms with Gasteiger partial charge in [0.25, 0.3) is 5.91 Å². The first-order chi connectivity index (χ1) is 11.9. The first kappa shape index (κ1) is 20.8. The van der Waals surface area contributed by atoms with E-state index in [9.17, 15) is 9.59 Å². The minimum absolute atomic E-state index is 0.0790. The van der Waals surface area contributed by atoms with E-state index in [0.717, 1.165) is 5.56 Å². The summed E-state index contributed by atoms with van der Waals surface area (Å²) in [5.41, 5.74) is 6.71. The van der Waals surface area contributed by atoms with Crippen LogP contribution < -0.4 is 25.8 Å². The van der Waals surface area contributed by atoms with E-state index in [1.807, 2.05) is 26.8 Å². The van der Waals surface area contributed by atoms with Gasteiger partial charge < -0.3 is 25.8 Å². The monoisotopic (exact) mass is 351 g/mol. The average molecular weight is 351 g/mol. The summed E-state index contributed by atoms with van der Waals surface area (Å²) in [5, 5.41) is 5.47. The van der Waals surface area contributed by atoms with Gasteiger partial charge >= 0.3 is 0 Å². The Bertz CT molecular complexity index is 575. The largest absolute Gasteiger partial charge is 0.493 e. The molecule has 0 saturated carbocycles. The number of ether oxygens (including phenoxy) is 2. The number of carbonyl (C=O) groups is 2. The molecule has 0 aliphatic carbocycles. The van der Waals surface area contributed by atoms with Crippen LogP contribution in [0.25, 0.3) is 0 Å². The molecule has 0 spiro atoms. The predicted molar refractivity (Wildman–Crippen MR) is 96.4 cm³/mol. The molecule has 0 saturated heterocycles. The van der Waals surface area contributed by atoms with Crippen molar-refractivity contribution in [1.82, 2.24) is 10.6 Å². The number of carbonyl (C=O) groups excluding carboxylic acids is 2. The molecule has 2 amide bonds. The lowest BCUT2D eigenvalue weighted by atomic mass is 10.0. The van der Waals surface area contributed by atoms with Crippen LogP contribution in [0.5, 0.6) is 11.5 Å². The molecule has 140 valence electrons. The SMILES string of the molecule is CCNC(=O)COc1ccc(CNC(=O)[C@@H](N)CC(C)C)cc1OC. The predicted octanol–water partition coefficient (Wildman–Crippen LogP) is 1.20. The smallest absolute Gasteiger partial charge is 0.257 e. The molecule has 4 N–H and O–H groups in total. The summed E-state index contributed by atoms with van der Waals surface area (Å²) in [7, 11) is 1.52. The number of rotatable bonds is 10. The lowest BCUT2D eigenvalue weighted by Crippen LogP contribution is -2.41. The summed E-state index contributed by atoms with van der Waals surface area (Å²) in [4.78, 5) is 23.4. The first-order valence-electron chi connectivity index (χ1n) is 8.47. The van der Waals surface area contributed by atoms with E-state index in [4.69, 9.17) is 15.2 Å². The van der Waals surface area contributed by atoms with E-state index in [2.05, 4.69) is 10.6 Å². The molecule has 0 bridgehead atoms. The van der Waals surface area contributed by atoms with Crippen LogP contribution in [-0.2, 0) is 16.1 Å². The highest BCUT2D eigenvalue weighted by Gasteiger charge is 2.15. The average Bonchev–Trinajstić information content (AvgIpc) is 2.57. The van der Waals surface area contributed by atoms with Crippen LogP contribution in [0.3, 0.4) is 0 Å². The molecule has 1 aromatic rings. The molecule has 0 heterocycles. The van der Waals surface area contributed by atoms with Gasteiger partial charge in [-0.05, 0) is 37.0 Å². The second kappa shape index (κ2) is 10.6. The Morgan fingerprint density at radius 1 is 1.20 bits per heavy atom. The molecule has 0 aliphatic heterocycles. The van der Waals surface area contributed by atoms with Crippen molar-refractivity contribution >= 4 is 11.8 Å². The Balaban J connectivity index is 2.62. The van der Waals surface area contributed by atoms with Gasteiger partial charge in [0.15, 0.2) is 18.1 Å². The van der Waals surface area contributed by atoms with Crippen LogP contribution in [0.4, 0.5) is 0 Å². The summed E-state index contributed by atoms with van der Waals surface area (Å²) in [6, 6.07) is 4.78. The number of hydrogen-bond acceptors (Lipinski definition) is 5. The number of methoxy groups -OCH3 is 1. The molecule has 1 atom stereocenters. The van der Waals surface area contributed by atoms with E-state index in [-0.39, 0.29) is 18.4 Å². The summed E-state index contributed by atoms with van der Waals surface area (Å²) in [6.07, 6.45) is 0.641. The molecule has 7 heteroatoms. The molecule has 1 rings (SSSR count). The van der Waals surface area contributed by atoms with Crippen molar-refractivity contribution in [2.24, 2.45) is 11.7 Å². The summed E-state index contributed by atoms with van der Waals surface area (Å²) in [5.74, 6) is 0.967. The van der Waals surface area contributed by atoms with Crippen molar-refractivity contribution < 1.29 is 19.1 Å². The molecule has 7 nitrogen and oxygen atoms in total. The van der Waals surface area contributed by atoms with Gasteiger partial charge in [0, 0.05) is 13.1 Å². The Labute approximate surface area is 149 Å². The van der Waals surface area contributed by atoms with E-state index in [1.165, 1.54) is 7.11 Å². The number of hydrogen-bond donors (Lipinski definition) is 3. The summed E-state index contributed by atoms with van der Waals surface area (Å²) >= 11 is 0. The van der Waals surface area contributed by atoms with E-state index in [0.29, 0.717) is 36.9 Å². The zero-order chi connectivity index (χ0) is 18.8. The van der Waals surface area contributed by atoms with Crippen LogP contribution >= 0.6 is 0 Å². The second-order valence-corrected chi connectivity index (χ2v) is 6.18. The fraction of sp³-hybridized carbons (Fsp3) is 0.556. The van der Waals surface area contributed by atoms with Crippen LogP contribution in [0, 0.1) is 5.92 Å². The van der Waals surface area contributed by atoms with E-state index in [1.54, 1.807) is 12.1 Å². The first-order valence-corrected chi connectivity index (χ1v) is 8.47. The molecule has 0 unspecified atom stereocenters. The normalized spacial score (nSPS) is 11.8. The Kier molecular flexibility index (Phi) is 8.77. The zero-order valence-electron chi connectivity index (χ0n) is 15.4. The zero-order valence-corrected chi connectivity index (χ0v) is 15.4. The Morgan fingerprint density at radius 2 is 1.92 bits per heavy atom. The molecular formula is C18H29N3O4. The highest BCUT2D eigenvalue weighted by Crippen LogP contribution is 2.28. The maximum atomic E-state index is 12.0. The van der Waals surface area contributed by atoms with Gasteiger partial charge in [0.2, 0.25) is 5.91 Å². The van der Waals surface area contributed by atoms with Gasteiger partial charge in [-0.15, -0.1) is 0 Å². The van der Waals surface area contributed by atoms with Gasteiger partial charge in [-0.1, -0.05) is 19.9 Å². The topological polar surface area (TPSA) is 103 Å². The van der Waals surface area contributed by atoms with Crippen LogP contribution in [0.2, 0.25) is 0 Å². The van der Waals surface area contributed by atoms with Crippen molar-refractivity contribution in [2.75, 3.05) is 20.3 Å². The number of benzene rings is 1. The molecule has 0 aromatic heterocycles. The maximum Gasteiger partial charge on any atom is 0.257 e. The van der Waals surface area contributed by atoms with Crippen molar-refractivity contribution in [3.63, 3.8) is 0 Å². The van der Waals surface area contributed by atoms with E-state index >= 15 is 0 Å². The summed E-state index contributed by atoms with van der Waals surface area (Å²) in [6.45, 7) is 6.71. The third kappa shape index (κ3) is 7.43. The molecule has 0 radical (unpaired) electrons. The van der Waals surface area contributed by atoms with Crippen molar-refractivity contribution in [3.8, 4) is 11.5 Å². The lowest BCUT2D eigenvalue weighted by molar-refractivity contribution is -0.123. The Morgan fingerprint density at radius 3 is 2.52 bits per heavy atom. The molecule has 1 aromatic carbocycles. The van der Waals surface area contributed by atoms with Crippen LogP contribution in [0.15, 0.2) is 18.2 Å². The van der Waals surface area contributed by atoms with Crippen LogP contribution in [0.1, 0.15) is 32.8 Å². The highest BCUT2D eigenvalue weighted by molar-refractivity contribution is 5.81. The van der Waals surface area contributed by atoms with Crippen molar-refractivity contribution in [2.45, 2.75) is 39.8 Å². The maximum absolute atomic E-state index is 12.0. The minimum Gasteiger partial charge on any atom is -0.493 e. The van der Waals surface area contributed by atoms with Crippen molar-refractivity contribution in [1.29, 1.82) is 0 Å². The number of amides is 2. The molecular weight excluding hydrogens is 322 g/mol. The molecule has 0 aliphatic rings. The number of nitrogens with two attached hydrogens (primary N) is 1. The summed E-state index contributed by atoms with van der Waals surface area (Å²) < 4.78 is 10.8. The minimum atomic E-state index is -0.512. The third-order valence-electron chi connectivity index (χ3n) is 3.49. The second-order valence-electron chi connectivity index (χ2n) is 6.18. The third-order valence-corrected chi connectivity index (χ3v) is 3.49. The number of likely N-dealkylation sites (N-methyl/N-ethyl adjacent to an activating group) is 1. The van der Waals surface area contributed by atoms with E-state index < -0.39 is 6.04 Å². The fourth-order valence-electron chi connectivity index (χ4n) is 2.27. The van der Waals surface area contributed by atoms with Crippen molar-refractivity contribution in [3.05, 3.63) is 23.8 Å². The fourth-order valence-corrected chi connectivity index (χ4v) is 2.27. The van der Waals surface area contributed by atoms with Crippen LogP contribution in [-0.4, -0.2) is 38.1 Å². The van der Waals surface area contributed by atoms with Gasteiger partial charge in [-0.3, -0.25) is 9.59 Å². The highest BCUT2D eigenvalue weighted by atomic mass is 16.5. The molecule has 25 heavy (non-hydrogen) atoms. The van der Waals surface area contributed by atoms with Gasteiger partial charge in [0.1, 0.15) is 0 Å². The standard InChI is InChI=1S/C18H29N3O4/c1-5-20-17(22)11-25-15-7-6-13(9-16(15)24-4)10-21-18(23)14(19)8-12(2)3/h6-7,9,12,14H,5,8,10-11,19H2,1-4H3,(H,20,22)(H,21,23)/t14-/m0/s1. The van der Waals surface area contributed by atoms with Gasteiger partial charge in [-0.2, -0.15) is 0 Å². The Hall–Kier alpha value is -2.28. The van der Waals surface area contributed by atoms with Gasteiger partial charge in [-0.25, -0.2) is 0 Å².